The van der Waals surface area contributed by atoms with Gasteiger partial charge in [0.2, 0.25) is 0 Å². The fourth-order valence-corrected chi connectivity index (χ4v) is 4.15. The first-order chi connectivity index (χ1) is 9.56. The molecule has 3 rings (SSSR count). The van der Waals surface area contributed by atoms with E-state index >= 15 is 0 Å². The van der Waals surface area contributed by atoms with E-state index in [0.29, 0.717) is 12.1 Å². The van der Waals surface area contributed by atoms with Gasteiger partial charge in [-0.25, -0.2) is 0 Å². The number of fused-ring (bicyclic) bond motifs is 2. The average molecular weight is 274 g/mol. The zero-order chi connectivity index (χ0) is 14.3. The zero-order valence-corrected chi connectivity index (χ0v) is 12.5. The lowest BCUT2D eigenvalue weighted by atomic mass is 9.91. The minimum atomic E-state index is -0.115. The minimum Gasteiger partial charge on any atom is -0.393 e. The minimum absolute atomic E-state index is 0.107. The average Bonchev–Trinajstić information content (AvgIpc) is 2.65. The molecule has 20 heavy (non-hydrogen) atoms. The van der Waals surface area contributed by atoms with Gasteiger partial charge >= 0.3 is 0 Å². The van der Waals surface area contributed by atoms with Crippen LogP contribution in [0.15, 0.2) is 24.3 Å². The first-order valence-electron chi connectivity index (χ1n) is 7.84. The third-order valence-electron chi connectivity index (χ3n) is 5.00. The van der Waals surface area contributed by atoms with E-state index in [-0.39, 0.29) is 18.2 Å². The predicted octanol–water partition coefficient (Wildman–Crippen LogP) is 2.37. The van der Waals surface area contributed by atoms with E-state index in [1.165, 1.54) is 24.0 Å². The molecule has 2 saturated heterocycles. The van der Waals surface area contributed by atoms with Gasteiger partial charge in [-0.2, -0.15) is 0 Å². The maximum atomic E-state index is 9.98. The van der Waals surface area contributed by atoms with Gasteiger partial charge in [-0.1, -0.05) is 29.8 Å². The molecule has 0 spiro atoms. The molecular formula is C17H26N2O. The molecule has 3 heteroatoms. The molecule has 0 saturated carbocycles. The van der Waals surface area contributed by atoms with E-state index < -0.39 is 0 Å². The summed E-state index contributed by atoms with van der Waals surface area (Å²) >= 11 is 0. The molecule has 110 valence electrons. The second-order valence-electron chi connectivity index (χ2n) is 6.67. The molecule has 0 aromatic heterocycles. The summed E-state index contributed by atoms with van der Waals surface area (Å²) in [5, 5.41) is 9.98. The SMILES string of the molecule is Cc1ccc(C(C(C)N)N2C3CCC2CC(O)C3)cc1. The standard InChI is InChI=1S/C17H26N2O/c1-11-3-5-13(6-4-11)17(12(2)18)19-14-7-8-15(19)10-16(20)9-14/h3-6,12,14-17,20H,7-10,18H2,1-2H3. The van der Waals surface area contributed by atoms with E-state index in [1.54, 1.807) is 0 Å². The number of piperidine rings is 1. The van der Waals surface area contributed by atoms with E-state index in [9.17, 15) is 5.11 Å². The quantitative estimate of drug-likeness (QED) is 0.889. The molecule has 2 aliphatic rings. The highest BCUT2D eigenvalue weighted by atomic mass is 16.3. The molecule has 0 aliphatic carbocycles. The Labute approximate surface area is 121 Å². The Balaban J connectivity index is 1.90. The number of hydrogen-bond acceptors (Lipinski definition) is 3. The Hall–Kier alpha value is -0.900. The first kappa shape index (κ1) is 14.1. The van der Waals surface area contributed by atoms with Crippen molar-refractivity contribution in [3.63, 3.8) is 0 Å². The number of aliphatic hydroxyl groups is 1. The van der Waals surface area contributed by atoms with Crippen molar-refractivity contribution >= 4 is 0 Å². The van der Waals surface area contributed by atoms with Crippen LogP contribution in [0.25, 0.3) is 0 Å². The number of hydrogen-bond donors (Lipinski definition) is 2. The van der Waals surface area contributed by atoms with Crippen LogP contribution >= 0.6 is 0 Å². The lowest BCUT2D eigenvalue weighted by Gasteiger charge is -2.44. The molecule has 2 aliphatic heterocycles. The summed E-state index contributed by atoms with van der Waals surface area (Å²) < 4.78 is 0. The van der Waals surface area contributed by atoms with Crippen molar-refractivity contribution in [1.29, 1.82) is 0 Å². The summed E-state index contributed by atoms with van der Waals surface area (Å²) in [4.78, 5) is 2.60. The maximum Gasteiger partial charge on any atom is 0.0570 e. The molecule has 3 N–H and O–H groups in total. The number of nitrogens with two attached hydrogens (primary N) is 1. The van der Waals surface area contributed by atoms with Crippen LogP contribution in [0.3, 0.4) is 0 Å². The van der Waals surface area contributed by atoms with Crippen molar-refractivity contribution in [2.24, 2.45) is 5.73 Å². The van der Waals surface area contributed by atoms with Crippen LogP contribution < -0.4 is 5.73 Å². The summed E-state index contributed by atoms with van der Waals surface area (Å²) in [6.45, 7) is 4.22. The van der Waals surface area contributed by atoms with Gasteiger partial charge < -0.3 is 10.8 Å². The largest absolute Gasteiger partial charge is 0.393 e. The Morgan fingerprint density at radius 2 is 1.70 bits per heavy atom. The van der Waals surface area contributed by atoms with Crippen molar-refractivity contribution in [1.82, 2.24) is 4.90 Å². The Morgan fingerprint density at radius 3 is 2.20 bits per heavy atom. The van der Waals surface area contributed by atoms with Crippen molar-refractivity contribution in [2.75, 3.05) is 0 Å². The van der Waals surface area contributed by atoms with Crippen LogP contribution in [0, 0.1) is 6.92 Å². The second kappa shape index (κ2) is 5.47. The van der Waals surface area contributed by atoms with Gasteiger partial charge in [0.05, 0.1) is 12.1 Å². The third kappa shape index (κ3) is 2.50. The molecule has 4 atom stereocenters. The highest BCUT2D eigenvalue weighted by molar-refractivity contribution is 5.26. The van der Waals surface area contributed by atoms with Crippen molar-refractivity contribution in [2.45, 2.75) is 69.8 Å². The van der Waals surface area contributed by atoms with Gasteiger partial charge in [0.1, 0.15) is 0 Å². The van der Waals surface area contributed by atoms with E-state index in [0.717, 1.165) is 12.8 Å². The van der Waals surface area contributed by atoms with Crippen molar-refractivity contribution < 1.29 is 5.11 Å². The van der Waals surface area contributed by atoms with Crippen molar-refractivity contribution in [3.05, 3.63) is 35.4 Å². The first-order valence-corrected chi connectivity index (χ1v) is 7.84. The van der Waals surface area contributed by atoms with Gasteiger partial charge in [-0.15, -0.1) is 0 Å². The lowest BCUT2D eigenvalue weighted by molar-refractivity contribution is 0.00411. The molecule has 2 fully saturated rings. The van der Waals surface area contributed by atoms with Gasteiger partial charge in [-0.05, 0) is 45.1 Å². The summed E-state index contributed by atoms with van der Waals surface area (Å²) in [5.41, 5.74) is 8.93. The van der Waals surface area contributed by atoms with E-state index in [4.69, 9.17) is 5.73 Å². The Kier molecular flexibility index (Phi) is 3.85. The summed E-state index contributed by atoms with van der Waals surface area (Å²) in [7, 11) is 0. The normalized spacial score (nSPS) is 33.1. The molecule has 1 aromatic carbocycles. The highest BCUT2D eigenvalue weighted by Gasteiger charge is 2.44. The maximum absolute atomic E-state index is 9.98. The second-order valence-corrected chi connectivity index (χ2v) is 6.67. The Morgan fingerprint density at radius 1 is 1.15 bits per heavy atom. The topological polar surface area (TPSA) is 49.5 Å². The summed E-state index contributed by atoms with van der Waals surface area (Å²) in [6.07, 6.45) is 4.11. The van der Waals surface area contributed by atoms with Crippen molar-refractivity contribution in [3.8, 4) is 0 Å². The number of aryl methyl sites for hydroxylation is 1. The third-order valence-corrected chi connectivity index (χ3v) is 5.00. The van der Waals surface area contributed by atoms with Crippen LogP contribution in [0.2, 0.25) is 0 Å². The molecule has 4 unspecified atom stereocenters. The van der Waals surface area contributed by atoms with Crippen LogP contribution in [-0.4, -0.2) is 34.2 Å². The van der Waals surface area contributed by atoms with Gasteiger partial charge in [-0.3, -0.25) is 4.90 Å². The fourth-order valence-electron chi connectivity index (χ4n) is 4.15. The summed E-state index contributed by atoms with van der Waals surface area (Å²) in [5.74, 6) is 0. The smallest absolute Gasteiger partial charge is 0.0570 e. The molecular weight excluding hydrogens is 248 g/mol. The number of nitrogens with zero attached hydrogens (tertiary/aromatic N) is 1. The molecule has 1 aromatic rings. The predicted molar refractivity (Wildman–Crippen MR) is 81.5 cm³/mol. The number of rotatable bonds is 3. The number of aliphatic hydroxyl groups excluding tert-OH is 1. The lowest BCUT2D eigenvalue weighted by Crippen LogP contribution is -2.50. The monoisotopic (exact) mass is 274 g/mol. The van der Waals surface area contributed by atoms with E-state index in [1.807, 2.05) is 0 Å². The molecule has 3 nitrogen and oxygen atoms in total. The number of benzene rings is 1. The highest BCUT2D eigenvalue weighted by Crippen LogP contribution is 2.42. The van der Waals surface area contributed by atoms with Crippen LogP contribution in [0.4, 0.5) is 0 Å². The van der Waals surface area contributed by atoms with Gasteiger partial charge in [0.25, 0.3) is 0 Å². The van der Waals surface area contributed by atoms with Crippen LogP contribution in [-0.2, 0) is 0 Å². The van der Waals surface area contributed by atoms with Crippen LogP contribution in [0.5, 0.6) is 0 Å². The van der Waals surface area contributed by atoms with Crippen LogP contribution in [0.1, 0.15) is 49.8 Å². The van der Waals surface area contributed by atoms with Gasteiger partial charge in [0.15, 0.2) is 0 Å². The molecule has 2 heterocycles. The van der Waals surface area contributed by atoms with Gasteiger partial charge in [0, 0.05) is 18.1 Å². The molecule has 0 amide bonds. The zero-order valence-electron chi connectivity index (χ0n) is 12.5. The fraction of sp³-hybridized carbons (Fsp3) is 0.647. The van der Waals surface area contributed by atoms with E-state index in [2.05, 4.69) is 43.0 Å². The summed E-state index contributed by atoms with van der Waals surface area (Å²) in [6, 6.07) is 10.2. The Bertz CT molecular complexity index is 443. The molecule has 2 bridgehead atoms. The molecule has 0 radical (unpaired) electrons.